The normalized spacial score (nSPS) is 12.1. The Kier molecular flexibility index (Phi) is 5.55. The number of nitro groups is 1. The standard InChI is InChI=1S/C13H17N5O5S2/c1-13(2,17-9-10(8-15-17)18(20)21)12(19)14-5-6-16-25(22,23)11-4-3-7-24-11/h3-4,7-9,16H,5-6H2,1-2H3,(H,14,19). The zero-order chi connectivity index (χ0) is 18.7. The highest BCUT2D eigenvalue weighted by Gasteiger charge is 2.31. The fourth-order valence-electron chi connectivity index (χ4n) is 1.88. The molecule has 0 spiro atoms. The van der Waals surface area contributed by atoms with Crippen LogP contribution in [-0.2, 0) is 20.4 Å². The Morgan fingerprint density at radius 1 is 1.44 bits per heavy atom. The summed E-state index contributed by atoms with van der Waals surface area (Å²) in [6.45, 7) is 3.18. The van der Waals surface area contributed by atoms with Gasteiger partial charge in [-0.1, -0.05) is 6.07 Å². The van der Waals surface area contributed by atoms with E-state index in [1.165, 1.54) is 16.9 Å². The first-order chi connectivity index (χ1) is 11.6. The van der Waals surface area contributed by atoms with E-state index >= 15 is 0 Å². The van der Waals surface area contributed by atoms with Gasteiger partial charge >= 0.3 is 5.69 Å². The molecule has 2 rings (SSSR count). The number of thiophene rings is 1. The van der Waals surface area contributed by atoms with Crippen LogP contribution in [0, 0.1) is 10.1 Å². The van der Waals surface area contributed by atoms with Gasteiger partial charge in [0.15, 0.2) is 0 Å². The summed E-state index contributed by atoms with van der Waals surface area (Å²) in [5.41, 5.74) is -1.38. The number of carbonyl (C=O) groups is 1. The number of nitrogens with zero attached hydrogens (tertiary/aromatic N) is 3. The van der Waals surface area contributed by atoms with E-state index in [0.29, 0.717) is 0 Å². The van der Waals surface area contributed by atoms with Gasteiger partial charge in [-0.15, -0.1) is 11.3 Å². The van der Waals surface area contributed by atoms with Crippen LogP contribution >= 0.6 is 11.3 Å². The molecule has 0 atom stereocenters. The van der Waals surface area contributed by atoms with Gasteiger partial charge in [-0.3, -0.25) is 19.6 Å². The number of sulfonamides is 1. The molecule has 0 aliphatic heterocycles. The summed E-state index contributed by atoms with van der Waals surface area (Å²) in [4.78, 5) is 22.4. The van der Waals surface area contributed by atoms with Crippen LogP contribution < -0.4 is 10.0 Å². The fraction of sp³-hybridized carbons (Fsp3) is 0.385. The Morgan fingerprint density at radius 2 is 2.16 bits per heavy atom. The van der Waals surface area contributed by atoms with Crippen LogP contribution in [0.15, 0.2) is 34.1 Å². The van der Waals surface area contributed by atoms with E-state index in [2.05, 4.69) is 15.1 Å². The molecule has 10 nitrogen and oxygen atoms in total. The molecular formula is C13H17N5O5S2. The monoisotopic (exact) mass is 387 g/mol. The first kappa shape index (κ1) is 19.0. The van der Waals surface area contributed by atoms with E-state index in [9.17, 15) is 23.3 Å². The Balaban J connectivity index is 1.89. The predicted octanol–water partition coefficient (Wildman–Crippen LogP) is 0.683. The number of rotatable bonds is 8. The topological polar surface area (TPSA) is 136 Å². The third kappa shape index (κ3) is 4.41. The van der Waals surface area contributed by atoms with Gasteiger partial charge in [0.25, 0.3) is 0 Å². The van der Waals surface area contributed by atoms with Gasteiger partial charge in [-0.05, 0) is 25.3 Å². The Bertz CT molecular complexity index is 857. The molecule has 1 amide bonds. The van der Waals surface area contributed by atoms with Crippen molar-refractivity contribution >= 4 is 33.0 Å². The second kappa shape index (κ2) is 7.29. The van der Waals surface area contributed by atoms with Gasteiger partial charge in [0.1, 0.15) is 22.1 Å². The molecule has 0 aliphatic rings. The maximum Gasteiger partial charge on any atom is 0.307 e. The zero-order valence-electron chi connectivity index (χ0n) is 13.5. The summed E-state index contributed by atoms with van der Waals surface area (Å²) in [5.74, 6) is -0.444. The SMILES string of the molecule is CC(C)(C(=O)NCCNS(=O)(=O)c1cccs1)n1cc([N+](=O)[O-])cn1. The second-order valence-corrected chi connectivity index (χ2v) is 8.49. The molecule has 0 aliphatic carbocycles. The molecule has 0 saturated carbocycles. The molecule has 2 aromatic rings. The van der Waals surface area contributed by atoms with Gasteiger partial charge in [-0.25, -0.2) is 13.1 Å². The third-order valence-electron chi connectivity index (χ3n) is 3.37. The first-order valence-electron chi connectivity index (χ1n) is 7.15. The number of nitrogens with one attached hydrogen (secondary N) is 2. The lowest BCUT2D eigenvalue weighted by atomic mass is 10.1. The minimum absolute atomic E-state index is 0.0152. The summed E-state index contributed by atoms with van der Waals surface area (Å²) in [5, 5.41) is 18.8. The maximum absolute atomic E-state index is 12.3. The minimum Gasteiger partial charge on any atom is -0.353 e. The van der Waals surface area contributed by atoms with Gasteiger partial charge in [-0.2, -0.15) is 5.10 Å². The van der Waals surface area contributed by atoms with Crippen LogP contribution in [0.4, 0.5) is 5.69 Å². The molecule has 2 heterocycles. The van der Waals surface area contributed by atoms with Crippen molar-refractivity contribution in [2.75, 3.05) is 13.1 Å². The van der Waals surface area contributed by atoms with Crippen LogP contribution in [0.1, 0.15) is 13.8 Å². The number of hydrogen-bond donors (Lipinski definition) is 2. The van der Waals surface area contributed by atoms with E-state index in [1.807, 2.05) is 0 Å². The van der Waals surface area contributed by atoms with Crippen molar-refractivity contribution in [2.45, 2.75) is 23.6 Å². The quantitative estimate of drug-likeness (QED) is 0.388. The van der Waals surface area contributed by atoms with Gasteiger partial charge in [0, 0.05) is 13.1 Å². The number of carbonyl (C=O) groups excluding carboxylic acids is 1. The molecule has 136 valence electrons. The van der Waals surface area contributed by atoms with Crippen LogP contribution in [0.2, 0.25) is 0 Å². The molecule has 0 radical (unpaired) electrons. The summed E-state index contributed by atoms with van der Waals surface area (Å²) in [7, 11) is -3.58. The number of hydrogen-bond acceptors (Lipinski definition) is 7. The number of amides is 1. The van der Waals surface area contributed by atoms with E-state index in [0.717, 1.165) is 17.5 Å². The van der Waals surface area contributed by atoms with Crippen LogP contribution in [0.5, 0.6) is 0 Å². The Morgan fingerprint density at radius 3 is 2.72 bits per heavy atom. The molecule has 0 fully saturated rings. The van der Waals surface area contributed by atoms with Crippen molar-refractivity contribution < 1.29 is 18.1 Å². The highest BCUT2D eigenvalue weighted by molar-refractivity contribution is 7.91. The molecule has 0 unspecified atom stereocenters. The van der Waals surface area contributed by atoms with Gasteiger partial charge < -0.3 is 5.32 Å². The van der Waals surface area contributed by atoms with E-state index in [4.69, 9.17) is 0 Å². The molecule has 0 bridgehead atoms. The van der Waals surface area contributed by atoms with E-state index in [-0.39, 0.29) is 23.0 Å². The maximum atomic E-state index is 12.3. The van der Waals surface area contributed by atoms with Crippen LogP contribution in [0.25, 0.3) is 0 Å². The summed E-state index contributed by atoms with van der Waals surface area (Å²) < 4.78 is 27.6. The second-order valence-electron chi connectivity index (χ2n) is 5.54. The minimum atomic E-state index is -3.58. The smallest absolute Gasteiger partial charge is 0.307 e. The third-order valence-corrected chi connectivity index (χ3v) is 6.23. The molecule has 12 heteroatoms. The Hall–Kier alpha value is -2.31. The molecular weight excluding hydrogens is 370 g/mol. The zero-order valence-corrected chi connectivity index (χ0v) is 15.1. The largest absolute Gasteiger partial charge is 0.353 e. The molecule has 0 aromatic carbocycles. The predicted molar refractivity (Wildman–Crippen MR) is 90.7 cm³/mol. The summed E-state index contributed by atoms with van der Waals surface area (Å²) in [6.07, 6.45) is 2.23. The van der Waals surface area contributed by atoms with Gasteiger partial charge in [0.05, 0.1) is 4.92 Å². The highest BCUT2D eigenvalue weighted by Crippen LogP contribution is 2.18. The van der Waals surface area contributed by atoms with E-state index in [1.54, 1.807) is 25.3 Å². The van der Waals surface area contributed by atoms with Crippen molar-refractivity contribution in [1.82, 2.24) is 19.8 Å². The average Bonchev–Trinajstić information content (AvgIpc) is 3.22. The van der Waals surface area contributed by atoms with Crippen LogP contribution in [0.3, 0.4) is 0 Å². The van der Waals surface area contributed by atoms with Crippen molar-refractivity contribution in [3.05, 3.63) is 40.0 Å². The molecule has 2 aromatic heterocycles. The van der Waals surface area contributed by atoms with Crippen LogP contribution in [-0.4, -0.2) is 42.1 Å². The highest BCUT2D eigenvalue weighted by atomic mass is 32.2. The molecule has 2 N–H and O–H groups in total. The molecule has 25 heavy (non-hydrogen) atoms. The number of aromatic nitrogens is 2. The van der Waals surface area contributed by atoms with E-state index < -0.39 is 26.4 Å². The van der Waals surface area contributed by atoms with Crippen molar-refractivity contribution in [1.29, 1.82) is 0 Å². The molecule has 0 saturated heterocycles. The lowest BCUT2D eigenvalue weighted by Gasteiger charge is -2.23. The summed E-state index contributed by atoms with van der Waals surface area (Å²) >= 11 is 1.10. The summed E-state index contributed by atoms with van der Waals surface area (Å²) in [6, 6.07) is 3.12. The lowest BCUT2D eigenvalue weighted by Crippen LogP contribution is -2.46. The van der Waals surface area contributed by atoms with Crippen molar-refractivity contribution in [2.24, 2.45) is 0 Å². The lowest BCUT2D eigenvalue weighted by molar-refractivity contribution is -0.385. The Labute approximate surface area is 148 Å². The first-order valence-corrected chi connectivity index (χ1v) is 9.52. The van der Waals surface area contributed by atoms with Crippen molar-refractivity contribution in [3.63, 3.8) is 0 Å². The fourth-order valence-corrected chi connectivity index (χ4v) is 3.95. The van der Waals surface area contributed by atoms with Crippen molar-refractivity contribution in [3.8, 4) is 0 Å². The average molecular weight is 387 g/mol. The van der Waals surface area contributed by atoms with Gasteiger partial charge in [0.2, 0.25) is 15.9 Å².